The summed E-state index contributed by atoms with van der Waals surface area (Å²) < 4.78 is 24.4. The molecule has 26 heavy (non-hydrogen) atoms. The average molecular weight is 359 g/mol. The molecule has 1 aliphatic rings. The normalized spacial score (nSPS) is 20.0. The van der Waals surface area contributed by atoms with Crippen molar-refractivity contribution in [3.8, 4) is 5.75 Å². The van der Waals surface area contributed by atoms with E-state index < -0.39 is 6.09 Å². The van der Waals surface area contributed by atoms with Crippen molar-refractivity contribution in [1.82, 2.24) is 4.90 Å². The van der Waals surface area contributed by atoms with E-state index in [9.17, 15) is 14.3 Å². The van der Waals surface area contributed by atoms with Gasteiger partial charge in [0.05, 0.1) is 26.4 Å². The van der Waals surface area contributed by atoms with Gasteiger partial charge in [-0.3, -0.25) is 0 Å². The van der Waals surface area contributed by atoms with Crippen molar-refractivity contribution in [2.24, 2.45) is 0 Å². The minimum absolute atomic E-state index is 0.0319. The van der Waals surface area contributed by atoms with Gasteiger partial charge in [0.1, 0.15) is 11.6 Å². The second-order valence-corrected chi connectivity index (χ2v) is 6.37. The van der Waals surface area contributed by atoms with Crippen molar-refractivity contribution in [2.75, 3.05) is 20.2 Å². The van der Waals surface area contributed by atoms with Crippen molar-refractivity contribution < 1.29 is 23.8 Å². The molecule has 2 aromatic rings. The maximum absolute atomic E-state index is 13.2. The van der Waals surface area contributed by atoms with Crippen LogP contribution in [0.3, 0.4) is 0 Å². The van der Waals surface area contributed by atoms with Crippen LogP contribution in [-0.4, -0.2) is 42.4 Å². The van der Waals surface area contributed by atoms with Crippen LogP contribution in [0.15, 0.2) is 48.5 Å². The van der Waals surface area contributed by atoms with E-state index in [4.69, 9.17) is 9.47 Å². The van der Waals surface area contributed by atoms with Crippen LogP contribution < -0.4 is 4.74 Å². The molecule has 1 amide bonds. The second-order valence-electron chi connectivity index (χ2n) is 6.37. The number of carbonyl (C=O) groups is 1. The molecule has 1 saturated heterocycles. The van der Waals surface area contributed by atoms with Crippen LogP contribution >= 0.6 is 0 Å². The summed E-state index contributed by atoms with van der Waals surface area (Å²) in [5, 5.41) is 9.30. The number of methoxy groups -OCH3 is 1. The van der Waals surface area contributed by atoms with Gasteiger partial charge in [-0.1, -0.05) is 24.3 Å². The molecular formula is C20H22FNO4. The van der Waals surface area contributed by atoms with Gasteiger partial charge >= 0.3 is 6.09 Å². The Balaban J connectivity index is 1.72. The average Bonchev–Trinajstić information content (AvgIpc) is 2.67. The number of halogens is 1. The molecule has 2 unspecified atom stereocenters. The molecular weight excluding hydrogens is 337 g/mol. The van der Waals surface area contributed by atoms with Crippen LogP contribution in [0.1, 0.15) is 23.5 Å². The largest absolute Gasteiger partial charge is 0.497 e. The molecule has 2 aromatic carbocycles. The molecule has 3 rings (SSSR count). The lowest BCUT2D eigenvalue weighted by Gasteiger charge is -2.37. The maximum Gasteiger partial charge on any atom is 0.407 e. The van der Waals surface area contributed by atoms with E-state index >= 15 is 0 Å². The lowest BCUT2D eigenvalue weighted by Crippen LogP contribution is -2.46. The summed E-state index contributed by atoms with van der Waals surface area (Å²) in [6.45, 7) is 1.12. The fourth-order valence-electron chi connectivity index (χ4n) is 3.28. The van der Waals surface area contributed by atoms with E-state index in [0.29, 0.717) is 26.1 Å². The highest BCUT2D eigenvalue weighted by Gasteiger charge is 2.33. The van der Waals surface area contributed by atoms with Gasteiger partial charge in [-0.15, -0.1) is 0 Å². The molecule has 0 bridgehead atoms. The zero-order valence-electron chi connectivity index (χ0n) is 14.6. The number of carboxylic acid groups (broad SMARTS) is 1. The third-order valence-electron chi connectivity index (χ3n) is 4.75. The van der Waals surface area contributed by atoms with E-state index in [1.165, 1.54) is 17.0 Å². The van der Waals surface area contributed by atoms with Crippen molar-refractivity contribution in [2.45, 2.75) is 25.0 Å². The molecule has 0 aliphatic carbocycles. The van der Waals surface area contributed by atoms with Gasteiger partial charge in [-0.25, -0.2) is 9.18 Å². The van der Waals surface area contributed by atoms with Gasteiger partial charge in [0.2, 0.25) is 0 Å². The first kappa shape index (κ1) is 18.2. The van der Waals surface area contributed by atoms with E-state index in [0.717, 1.165) is 16.9 Å². The van der Waals surface area contributed by atoms with Crippen LogP contribution in [-0.2, 0) is 11.3 Å². The first-order valence-electron chi connectivity index (χ1n) is 8.54. The van der Waals surface area contributed by atoms with Gasteiger partial charge < -0.3 is 19.5 Å². The molecule has 1 heterocycles. The van der Waals surface area contributed by atoms with Crippen molar-refractivity contribution >= 4 is 6.09 Å². The molecule has 138 valence electrons. The Bertz CT molecular complexity index is 732. The summed E-state index contributed by atoms with van der Waals surface area (Å²) in [6, 6.07) is 13.9. The Morgan fingerprint density at radius 2 is 1.88 bits per heavy atom. The number of rotatable bonds is 5. The molecule has 0 spiro atoms. The molecule has 1 N–H and O–H groups in total. The van der Waals surface area contributed by atoms with Crippen molar-refractivity contribution in [3.63, 3.8) is 0 Å². The Hall–Kier alpha value is -2.60. The SMILES string of the molecule is COc1ccc(COC2CN(C(=O)O)CCC2c2ccc(F)cc2)cc1. The van der Waals surface area contributed by atoms with Crippen molar-refractivity contribution in [3.05, 3.63) is 65.5 Å². The first-order valence-corrected chi connectivity index (χ1v) is 8.54. The van der Waals surface area contributed by atoms with Crippen molar-refractivity contribution in [1.29, 1.82) is 0 Å². The highest BCUT2D eigenvalue weighted by atomic mass is 19.1. The van der Waals surface area contributed by atoms with E-state index in [1.54, 1.807) is 19.2 Å². The quantitative estimate of drug-likeness (QED) is 0.880. The zero-order valence-corrected chi connectivity index (χ0v) is 14.6. The highest BCUT2D eigenvalue weighted by Crippen LogP contribution is 2.31. The fourth-order valence-corrected chi connectivity index (χ4v) is 3.28. The van der Waals surface area contributed by atoms with Gasteiger partial charge in [0.15, 0.2) is 0 Å². The van der Waals surface area contributed by atoms with Crippen LogP contribution in [0, 0.1) is 5.82 Å². The van der Waals surface area contributed by atoms with Crippen LogP contribution in [0.25, 0.3) is 0 Å². The predicted octanol–water partition coefficient (Wildman–Crippen LogP) is 3.89. The highest BCUT2D eigenvalue weighted by molar-refractivity contribution is 5.65. The van der Waals surface area contributed by atoms with E-state index in [2.05, 4.69) is 0 Å². The smallest absolute Gasteiger partial charge is 0.407 e. The summed E-state index contributed by atoms with van der Waals surface area (Å²) in [5.74, 6) is 0.518. The van der Waals surface area contributed by atoms with Gasteiger partial charge in [0, 0.05) is 12.5 Å². The van der Waals surface area contributed by atoms with E-state index in [-0.39, 0.29) is 17.8 Å². The number of piperidine rings is 1. The number of ether oxygens (including phenoxy) is 2. The maximum atomic E-state index is 13.2. The summed E-state index contributed by atoms with van der Waals surface area (Å²) >= 11 is 0. The molecule has 6 heteroatoms. The summed E-state index contributed by atoms with van der Waals surface area (Å²) in [6.07, 6.45) is -0.585. The monoisotopic (exact) mass is 359 g/mol. The molecule has 0 radical (unpaired) electrons. The molecule has 2 atom stereocenters. The van der Waals surface area contributed by atoms with Crippen LogP contribution in [0.5, 0.6) is 5.75 Å². The molecule has 1 aliphatic heterocycles. The number of nitrogens with zero attached hydrogens (tertiary/aromatic N) is 1. The molecule has 1 fully saturated rings. The number of likely N-dealkylation sites (tertiary alicyclic amines) is 1. The lowest BCUT2D eigenvalue weighted by atomic mass is 9.87. The predicted molar refractivity (Wildman–Crippen MR) is 94.9 cm³/mol. The minimum atomic E-state index is -0.944. The Labute approximate surface area is 152 Å². The number of hydrogen-bond donors (Lipinski definition) is 1. The van der Waals surface area contributed by atoms with Crippen LogP contribution in [0.4, 0.5) is 9.18 Å². The summed E-state index contributed by atoms with van der Waals surface area (Å²) in [5.41, 5.74) is 1.95. The topological polar surface area (TPSA) is 59.0 Å². The van der Waals surface area contributed by atoms with Gasteiger partial charge in [0.25, 0.3) is 0 Å². The van der Waals surface area contributed by atoms with E-state index in [1.807, 2.05) is 24.3 Å². The van der Waals surface area contributed by atoms with Gasteiger partial charge in [-0.05, 0) is 41.8 Å². The third-order valence-corrected chi connectivity index (χ3v) is 4.75. The lowest BCUT2D eigenvalue weighted by molar-refractivity contribution is -0.0199. The standard InChI is InChI=1S/C20H22FNO4/c1-25-17-8-2-14(3-9-17)13-26-19-12-22(20(23)24)11-10-18(19)15-4-6-16(21)7-5-15/h2-9,18-19H,10-13H2,1H3,(H,23,24). The zero-order chi connectivity index (χ0) is 18.5. The Morgan fingerprint density at radius 3 is 2.50 bits per heavy atom. The molecule has 0 saturated carbocycles. The molecule has 5 nitrogen and oxygen atoms in total. The first-order chi connectivity index (χ1) is 12.6. The third kappa shape index (κ3) is 4.32. The minimum Gasteiger partial charge on any atom is -0.497 e. The number of amides is 1. The second kappa shape index (κ2) is 8.19. The summed E-state index contributed by atoms with van der Waals surface area (Å²) in [7, 11) is 1.61. The number of benzene rings is 2. The number of hydrogen-bond acceptors (Lipinski definition) is 3. The summed E-state index contributed by atoms with van der Waals surface area (Å²) in [4.78, 5) is 12.7. The fraction of sp³-hybridized carbons (Fsp3) is 0.350. The Kier molecular flexibility index (Phi) is 5.73. The van der Waals surface area contributed by atoms with Crippen LogP contribution in [0.2, 0.25) is 0 Å². The van der Waals surface area contributed by atoms with Gasteiger partial charge in [-0.2, -0.15) is 0 Å². The molecule has 0 aromatic heterocycles. The Morgan fingerprint density at radius 1 is 1.19 bits per heavy atom.